The summed E-state index contributed by atoms with van der Waals surface area (Å²) in [6.45, 7) is 1.41. The summed E-state index contributed by atoms with van der Waals surface area (Å²) in [6, 6.07) is 8.07. The molecule has 2 fully saturated rings. The molecule has 2 aliphatic heterocycles. The van der Waals surface area contributed by atoms with Crippen LogP contribution in [0.2, 0.25) is 0 Å². The highest BCUT2D eigenvalue weighted by atomic mass is 16.8. The molecule has 0 aromatic heterocycles. The fourth-order valence-corrected chi connectivity index (χ4v) is 2.06. The summed E-state index contributed by atoms with van der Waals surface area (Å²) < 4.78 is 21.2. The van der Waals surface area contributed by atoms with Gasteiger partial charge in [0.2, 0.25) is 12.6 Å². The zero-order valence-corrected chi connectivity index (χ0v) is 10.4. The van der Waals surface area contributed by atoms with Crippen LogP contribution in [0.15, 0.2) is 42.2 Å². The van der Waals surface area contributed by atoms with Gasteiger partial charge in [-0.05, 0) is 29.3 Å². The molecule has 4 heteroatoms. The molecule has 0 radical (unpaired) electrons. The first-order valence-corrected chi connectivity index (χ1v) is 6.43. The zero-order valence-electron chi connectivity index (χ0n) is 10.4. The minimum atomic E-state index is -0.0447. The molecule has 2 saturated heterocycles. The van der Waals surface area contributed by atoms with Crippen molar-refractivity contribution >= 4 is 5.57 Å². The van der Waals surface area contributed by atoms with E-state index >= 15 is 0 Å². The van der Waals surface area contributed by atoms with Crippen LogP contribution in [-0.2, 0) is 14.2 Å². The Kier molecular flexibility index (Phi) is 2.57. The highest BCUT2D eigenvalue weighted by Gasteiger charge is 2.27. The van der Waals surface area contributed by atoms with Gasteiger partial charge in [0.05, 0.1) is 0 Å². The quantitative estimate of drug-likeness (QED) is 0.761. The molecule has 2 heterocycles. The Hall–Kier alpha value is -1.78. The summed E-state index contributed by atoms with van der Waals surface area (Å²) >= 11 is 0. The van der Waals surface area contributed by atoms with E-state index in [1.165, 1.54) is 11.1 Å². The second-order valence-electron chi connectivity index (χ2n) is 4.79. The predicted molar refractivity (Wildman–Crippen MR) is 68.3 cm³/mol. The highest BCUT2D eigenvalue weighted by Crippen LogP contribution is 2.32. The van der Waals surface area contributed by atoms with E-state index in [1.54, 1.807) is 0 Å². The van der Waals surface area contributed by atoms with Crippen LogP contribution in [0, 0.1) is 0 Å². The third-order valence-corrected chi connectivity index (χ3v) is 3.22. The highest BCUT2D eigenvalue weighted by molar-refractivity contribution is 5.72. The molecule has 0 bridgehead atoms. The molecule has 0 spiro atoms. The summed E-state index contributed by atoms with van der Waals surface area (Å²) in [7, 11) is 0. The second kappa shape index (κ2) is 4.40. The lowest BCUT2D eigenvalue weighted by Crippen LogP contribution is -1.97. The van der Waals surface area contributed by atoms with Crippen molar-refractivity contribution in [2.75, 3.05) is 13.2 Å². The number of hydrogen-bond acceptors (Lipinski definition) is 4. The standard InChI is InChI=1S/C15H14O4/c1-4-12(18-14-8-16-14)5-2-10(1)11-3-6-13(7-11)19-15-9-17-15/h1-6,14-15H,7-9H2. The van der Waals surface area contributed by atoms with Gasteiger partial charge in [-0.15, -0.1) is 0 Å². The topological polar surface area (TPSA) is 43.5 Å². The molecule has 1 aromatic carbocycles. The third kappa shape index (κ3) is 2.64. The summed E-state index contributed by atoms with van der Waals surface area (Å²) in [5.41, 5.74) is 2.44. The summed E-state index contributed by atoms with van der Waals surface area (Å²) in [6.07, 6.45) is 4.87. The minimum absolute atomic E-state index is 0.0201. The van der Waals surface area contributed by atoms with E-state index in [0.717, 1.165) is 17.9 Å². The van der Waals surface area contributed by atoms with Gasteiger partial charge in [-0.1, -0.05) is 18.2 Å². The van der Waals surface area contributed by atoms with Crippen molar-refractivity contribution < 1.29 is 18.9 Å². The van der Waals surface area contributed by atoms with E-state index in [4.69, 9.17) is 18.9 Å². The number of hydrogen-bond donors (Lipinski definition) is 0. The van der Waals surface area contributed by atoms with E-state index in [9.17, 15) is 0 Å². The maximum Gasteiger partial charge on any atom is 0.223 e. The minimum Gasteiger partial charge on any atom is -0.466 e. The van der Waals surface area contributed by atoms with E-state index in [0.29, 0.717) is 13.2 Å². The number of benzene rings is 1. The van der Waals surface area contributed by atoms with Gasteiger partial charge >= 0.3 is 0 Å². The smallest absolute Gasteiger partial charge is 0.223 e. The van der Waals surface area contributed by atoms with E-state index in [2.05, 4.69) is 18.2 Å². The predicted octanol–water partition coefficient (Wildman–Crippen LogP) is 2.47. The van der Waals surface area contributed by atoms with Gasteiger partial charge in [0.1, 0.15) is 24.7 Å². The zero-order chi connectivity index (χ0) is 12.7. The summed E-state index contributed by atoms with van der Waals surface area (Å²) in [5, 5.41) is 0. The van der Waals surface area contributed by atoms with Gasteiger partial charge in [-0.25, -0.2) is 0 Å². The second-order valence-corrected chi connectivity index (χ2v) is 4.79. The lowest BCUT2D eigenvalue weighted by molar-refractivity contribution is 0.105. The first-order valence-electron chi connectivity index (χ1n) is 6.43. The average molecular weight is 258 g/mol. The number of rotatable bonds is 5. The molecule has 4 rings (SSSR count). The Balaban J connectivity index is 1.39. The normalized spacial score (nSPS) is 27.6. The Bertz CT molecular complexity index is 536. The van der Waals surface area contributed by atoms with Crippen molar-refractivity contribution in [2.24, 2.45) is 0 Å². The molecule has 1 aromatic rings. The molecule has 4 nitrogen and oxygen atoms in total. The maximum atomic E-state index is 5.60. The van der Waals surface area contributed by atoms with Crippen LogP contribution in [0.1, 0.15) is 12.0 Å². The van der Waals surface area contributed by atoms with Crippen molar-refractivity contribution in [3.05, 3.63) is 47.7 Å². The lowest BCUT2D eigenvalue weighted by Gasteiger charge is -2.07. The number of ether oxygens (including phenoxy) is 4. The van der Waals surface area contributed by atoms with Crippen LogP contribution in [0.4, 0.5) is 0 Å². The molecule has 19 heavy (non-hydrogen) atoms. The van der Waals surface area contributed by atoms with Crippen LogP contribution in [-0.4, -0.2) is 25.8 Å². The van der Waals surface area contributed by atoms with Crippen molar-refractivity contribution in [1.29, 1.82) is 0 Å². The third-order valence-electron chi connectivity index (χ3n) is 3.22. The average Bonchev–Trinajstić information content (AvgIpc) is 3.33. The molecular formula is C15H14O4. The molecule has 98 valence electrons. The molecule has 0 saturated carbocycles. The van der Waals surface area contributed by atoms with Crippen molar-refractivity contribution in [3.63, 3.8) is 0 Å². The van der Waals surface area contributed by atoms with Crippen molar-refractivity contribution in [2.45, 2.75) is 19.0 Å². The van der Waals surface area contributed by atoms with E-state index in [1.807, 2.05) is 18.2 Å². The molecule has 3 aliphatic rings. The van der Waals surface area contributed by atoms with Gasteiger partial charge in [-0.3, -0.25) is 0 Å². The fourth-order valence-electron chi connectivity index (χ4n) is 2.06. The van der Waals surface area contributed by atoms with Crippen molar-refractivity contribution in [3.8, 4) is 5.75 Å². The molecule has 0 N–H and O–H groups in total. The first-order chi connectivity index (χ1) is 9.37. The van der Waals surface area contributed by atoms with E-state index in [-0.39, 0.29) is 12.6 Å². The Morgan fingerprint density at radius 3 is 2.26 bits per heavy atom. The lowest BCUT2D eigenvalue weighted by atomic mass is 10.1. The van der Waals surface area contributed by atoms with Crippen LogP contribution in [0.5, 0.6) is 5.75 Å². The molecular weight excluding hydrogens is 244 g/mol. The van der Waals surface area contributed by atoms with Crippen LogP contribution in [0.3, 0.4) is 0 Å². The van der Waals surface area contributed by atoms with Gasteiger partial charge in [-0.2, -0.15) is 0 Å². The monoisotopic (exact) mass is 258 g/mol. The van der Waals surface area contributed by atoms with Gasteiger partial charge in [0.15, 0.2) is 0 Å². The Morgan fingerprint density at radius 1 is 0.895 bits per heavy atom. The summed E-state index contributed by atoms with van der Waals surface area (Å²) in [5.74, 6) is 1.82. The van der Waals surface area contributed by atoms with E-state index < -0.39 is 0 Å². The Morgan fingerprint density at radius 2 is 1.58 bits per heavy atom. The molecule has 0 amide bonds. The maximum absolute atomic E-state index is 5.60. The van der Waals surface area contributed by atoms with Crippen LogP contribution >= 0.6 is 0 Å². The fraction of sp³-hybridized carbons (Fsp3) is 0.333. The van der Waals surface area contributed by atoms with Gasteiger partial charge in [0.25, 0.3) is 0 Å². The van der Waals surface area contributed by atoms with Crippen LogP contribution in [0.25, 0.3) is 5.57 Å². The first kappa shape index (κ1) is 11.1. The van der Waals surface area contributed by atoms with Crippen molar-refractivity contribution in [1.82, 2.24) is 0 Å². The number of epoxide rings is 2. The molecule has 1 aliphatic carbocycles. The van der Waals surface area contributed by atoms with Gasteiger partial charge < -0.3 is 18.9 Å². The molecule has 2 unspecified atom stereocenters. The number of allylic oxidation sites excluding steroid dienone is 3. The largest absolute Gasteiger partial charge is 0.466 e. The molecule has 2 atom stereocenters. The SMILES string of the molecule is C1=C(OC2CO2)CC(c2ccc(OC3CO3)cc2)=C1. The Labute approximate surface area is 111 Å². The summed E-state index contributed by atoms with van der Waals surface area (Å²) in [4.78, 5) is 0. The van der Waals surface area contributed by atoms with Gasteiger partial charge in [0, 0.05) is 6.42 Å². The van der Waals surface area contributed by atoms with Crippen LogP contribution < -0.4 is 4.74 Å².